The van der Waals surface area contributed by atoms with Crippen LogP contribution in [0.25, 0.3) is 10.9 Å². The van der Waals surface area contributed by atoms with Crippen molar-refractivity contribution in [2.45, 2.75) is 6.92 Å². The van der Waals surface area contributed by atoms with Crippen LogP contribution in [-0.4, -0.2) is 21.2 Å². The van der Waals surface area contributed by atoms with E-state index in [1.807, 2.05) is 24.3 Å². The van der Waals surface area contributed by atoms with Crippen molar-refractivity contribution in [3.63, 3.8) is 0 Å². The van der Waals surface area contributed by atoms with Crippen molar-refractivity contribution in [3.05, 3.63) is 30.5 Å². The minimum atomic E-state index is -1.07. The maximum Gasteiger partial charge on any atom is 0.381 e. The summed E-state index contributed by atoms with van der Waals surface area (Å²) in [7, 11) is 0. The lowest BCUT2D eigenvalue weighted by atomic mass is 10.2. The number of hydrogen-bond acceptors (Lipinski definition) is 2. The molecule has 82 valence electrons. The second kappa shape index (κ2) is 5.47. The zero-order chi connectivity index (χ0) is 12.0. The Hall–Kier alpha value is -2.41. The number of aromatic amines is 1. The molecule has 0 amide bonds. The van der Waals surface area contributed by atoms with Gasteiger partial charge in [0.05, 0.1) is 0 Å². The summed E-state index contributed by atoms with van der Waals surface area (Å²) in [6.45, 7) is 1.48. The highest BCUT2D eigenvalue weighted by atomic mass is 16.4. The van der Waals surface area contributed by atoms with Crippen LogP contribution in [0.4, 0.5) is 0 Å². The molecule has 4 heteroatoms. The zero-order valence-electron chi connectivity index (χ0n) is 8.69. The van der Waals surface area contributed by atoms with Crippen LogP contribution in [0, 0.1) is 11.8 Å². The van der Waals surface area contributed by atoms with Crippen molar-refractivity contribution in [1.29, 1.82) is 0 Å². The normalized spacial score (nSPS) is 8.56. The fraction of sp³-hybridized carbons (Fsp3) is 0.0833. The Bertz CT molecular complexity index is 546. The van der Waals surface area contributed by atoms with E-state index in [9.17, 15) is 4.79 Å². The molecule has 1 aromatic carbocycles. The maximum absolute atomic E-state index is 9.43. The van der Waals surface area contributed by atoms with Crippen LogP contribution in [0.1, 0.15) is 6.92 Å². The van der Waals surface area contributed by atoms with E-state index >= 15 is 0 Å². The third-order valence-electron chi connectivity index (χ3n) is 1.77. The van der Waals surface area contributed by atoms with Gasteiger partial charge in [0, 0.05) is 23.7 Å². The van der Waals surface area contributed by atoms with Gasteiger partial charge in [-0.25, -0.2) is 4.79 Å². The summed E-state index contributed by atoms with van der Waals surface area (Å²) >= 11 is 0. The van der Waals surface area contributed by atoms with Crippen LogP contribution in [0.2, 0.25) is 0 Å². The first-order chi connectivity index (χ1) is 7.63. The third kappa shape index (κ3) is 3.39. The molecule has 0 aliphatic heterocycles. The molecule has 0 atom stereocenters. The summed E-state index contributed by atoms with van der Waals surface area (Å²) in [4.78, 5) is 12.4. The van der Waals surface area contributed by atoms with Crippen LogP contribution < -0.4 is 0 Å². The number of H-pyrrole nitrogens is 1. The van der Waals surface area contributed by atoms with Gasteiger partial charge in [0.15, 0.2) is 0 Å². The maximum atomic E-state index is 9.43. The molecule has 0 fully saturated rings. The van der Waals surface area contributed by atoms with E-state index in [1.54, 1.807) is 12.1 Å². The summed E-state index contributed by atoms with van der Waals surface area (Å²) < 4.78 is 0. The first-order valence-electron chi connectivity index (χ1n) is 4.55. The smallest absolute Gasteiger partial charge is 0.381 e. The molecule has 0 bridgehead atoms. The molecular formula is C12H11NO3. The molecule has 1 heterocycles. The predicted molar refractivity (Wildman–Crippen MR) is 61.0 cm³/mol. The van der Waals surface area contributed by atoms with Crippen molar-refractivity contribution >= 4 is 16.9 Å². The summed E-state index contributed by atoms with van der Waals surface area (Å²) in [5, 5.41) is 17.9. The Morgan fingerprint density at radius 3 is 2.69 bits per heavy atom. The van der Waals surface area contributed by atoms with Gasteiger partial charge in [0.25, 0.3) is 0 Å². The molecule has 0 saturated carbocycles. The Morgan fingerprint density at radius 2 is 2.12 bits per heavy atom. The van der Waals surface area contributed by atoms with Crippen LogP contribution in [0.15, 0.2) is 30.5 Å². The number of carbonyl (C=O) groups is 1. The van der Waals surface area contributed by atoms with Crippen LogP contribution in [0.3, 0.4) is 0 Å². The minimum absolute atomic E-state index is 0.301. The van der Waals surface area contributed by atoms with Crippen LogP contribution >= 0.6 is 0 Å². The highest BCUT2D eigenvalue weighted by Crippen LogP contribution is 2.17. The van der Waals surface area contributed by atoms with Crippen molar-refractivity contribution < 1.29 is 15.0 Å². The van der Waals surface area contributed by atoms with Crippen LogP contribution in [0.5, 0.6) is 5.75 Å². The van der Waals surface area contributed by atoms with Crippen LogP contribution in [-0.2, 0) is 4.79 Å². The predicted octanol–water partition coefficient (Wildman–Crippen LogP) is 1.97. The standard InChI is InChI=1S/C8H7NO.C4H4O2/c10-7-2-1-6-3-4-9-8(6)5-7;1-2-3-4(5)6/h1-5,9-10H;1H3,(H,5,6). The summed E-state index contributed by atoms with van der Waals surface area (Å²) in [6.07, 6.45) is 1.85. The molecular weight excluding hydrogens is 206 g/mol. The number of phenolic OH excluding ortho intramolecular Hbond substituents is 1. The van der Waals surface area contributed by atoms with Gasteiger partial charge in [-0.15, -0.1) is 0 Å². The topological polar surface area (TPSA) is 73.3 Å². The van der Waals surface area contributed by atoms with Gasteiger partial charge in [0.1, 0.15) is 5.75 Å². The molecule has 16 heavy (non-hydrogen) atoms. The number of fused-ring (bicyclic) bond motifs is 1. The third-order valence-corrected chi connectivity index (χ3v) is 1.77. The summed E-state index contributed by atoms with van der Waals surface area (Å²) in [5.41, 5.74) is 0.972. The van der Waals surface area contributed by atoms with Gasteiger partial charge < -0.3 is 15.2 Å². The Kier molecular flexibility index (Phi) is 3.98. The number of benzene rings is 1. The monoisotopic (exact) mass is 217 g/mol. The molecule has 0 aliphatic carbocycles. The highest BCUT2D eigenvalue weighted by molar-refractivity contribution is 5.86. The second-order valence-electron chi connectivity index (χ2n) is 2.93. The quantitative estimate of drug-likeness (QED) is 0.590. The molecule has 4 nitrogen and oxygen atoms in total. The number of rotatable bonds is 0. The molecule has 0 saturated heterocycles. The molecule has 2 aromatic rings. The number of carboxylic acids is 1. The Balaban J connectivity index is 0.000000187. The number of phenols is 1. The Labute approximate surface area is 92.5 Å². The Morgan fingerprint density at radius 1 is 1.38 bits per heavy atom. The molecule has 0 spiro atoms. The molecule has 0 radical (unpaired) electrons. The molecule has 0 unspecified atom stereocenters. The van der Waals surface area contributed by atoms with Crippen molar-refractivity contribution in [1.82, 2.24) is 4.98 Å². The van der Waals surface area contributed by atoms with Gasteiger partial charge in [-0.05, 0) is 30.5 Å². The van der Waals surface area contributed by atoms with E-state index in [4.69, 9.17) is 10.2 Å². The van der Waals surface area contributed by atoms with Crippen molar-refractivity contribution in [3.8, 4) is 17.6 Å². The van der Waals surface area contributed by atoms with Crippen molar-refractivity contribution in [2.75, 3.05) is 0 Å². The number of hydrogen-bond donors (Lipinski definition) is 3. The van der Waals surface area contributed by atoms with E-state index in [0.29, 0.717) is 5.75 Å². The second-order valence-corrected chi connectivity index (χ2v) is 2.93. The fourth-order valence-electron chi connectivity index (χ4n) is 1.14. The van der Waals surface area contributed by atoms with Gasteiger partial charge in [-0.2, -0.15) is 0 Å². The van der Waals surface area contributed by atoms with E-state index in [1.165, 1.54) is 6.92 Å². The van der Waals surface area contributed by atoms with Gasteiger partial charge >= 0.3 is 5.97 Å². The first kappa shape index (κ1) is 11.7. The molecule has 3 N–H and O–H groups in total. The average Bonchev–Trinajstić information content (AvgIpc) is 2.65. The van der Waals surface area contributed by atoms with E-state index < -0.39 is 5.97 Å². The average molecular weight is 217 g/mol. The number of nitrogens with one attached hydrogen (secondary N) is 1. The minimum Gasteiger partial charge on any atom is -0.508 e. The van der Waals surface area contributed by atoms with E-state index in [-0.39, 0.29) is 0 Å². The number of aromatic hydroxyl groups is 1. The summed E-state index contributed by atoms with van der Waals surface area (Å²) in [5.74, 6) is 3.32. The lowest BCUT2D eigenvalue weighted by Crippen LogP contribution is -1.84. The van der Waals surface area contributed by atoms with Gasteiger partial charge in [-0.1, -0.05) is 5.92 Å². The molecule has 0 aliphatic rings. The zero-order valence-corrected chi connectivity index (χ0v) is 8.69. The largest absolute Gasteiger partial charge is 0.508 e. The lowest BCUT2D eigenvalue weighted by Gasteiger charge is -1.89. The van der Waals surface area contributed by atoms with E-state index in [0.717, 1.165) is 10.9 Å². The molecule has 2 rings (SSSR count). The first-order valence-corrected chi connectivity index (χ1v) is 4.55. The number of carboxylic acid groups (broad SMARTS) is 1. The molecule has 1 aromatic heterocycles. The van der Waals surface area contributed by atoms with Crippen molar-refractivity contribution in [2.24, 2.45) is 0 Å². The SMILES string of the molecule is CC#CC(=O)O.Oc1ccc2cc[nH]c2c1. The summed E-state index contributed by atoms with van der Waals surface area (Å²) in [6, 6.07) is 7.22. The number of aliphatic carboxylic acids is 1. The van der Waals surface area contributed by atoms with Gasteiger partial charge in [0.2, 0.25) is 0 Å². The lowest BCUT2D eigenvalue weighted by molar-refractivity contribution is -0.130. The fourth-order valence-corrected chi connectivity index (χ4v) is 1.14. The number of aromatic nitrogens is 1. The van der Waals surface area contributed by atoms with Gasteiger partial charge in [-0.3, -0.25) is 0 Å². The van der Waals surface area contributed by atoms with E-state index in [2.05, 4.69) is 10.9 Å². The highest BCUT2D eigenvalue weighted by Gasteiger charge is 1.92.